The van der Waals surface area contributed by atoms with Crippen LogP contribution in [0.2, 0.25) is 0 Å². The molecule has 2 rings (SSSR count). The molecule has 4 N–H and O–H groups in total. The molecule has 0 radical (unpaired) electrons. The Morgan fingerprint density at radius 1 is 0.682 bits per heavy atom. The average Bonchev–Trinajstić information content (AvgIpc) is 2.45. The molecule has 0 aliphatic heterocycles. The second kappa shape index (κ2) is 6.66. The topological polar surface area (TPSA) is 52.0 Å². The second-order valence-corrected chi connectivity index (χ2v) is 6.22. The SMILES string of the molecule is NC(c1cc(F)cc(F)c1Br)C(N)c1cc(F)cc(F)c1Br. The molecule has 0 amide bonds. The molecular weight excluding hydrogens is 432 g/mol. The van der Waals surface area contributed by atoms with Crippen molar-refractivity contribution in [2.75, 3.05) is 0 Å². The van der Waals surface area contributed by atoms with Gasteiger partial charge in [0, 0.05) is 12.1 Å². The zero-order chi connectivity index (χ0) is 16.6. The molecule has 0 heterocycles. The fraction of sp³-hybridized carbons (Fsp3) is 0.143. The first-order valence-electron chi connectivity index (χ1n) is 6.02. The van der Waals surface area contributed by atoms with E-state index < -0.39 is 35.4 Å². The Balaban J connectivity index is 2.48. The molecule has 0 bridgehead atoms. The summed E-state index contributed by atoms with van der Waals surface area (Å²) in [4.78, 5) is 0. The van der Waals surface area contributed by atoms with Crippen LogP contribution in [0.4, 0.5) is 17.6 Å². The van der Waals surface area contributed by atoms with Gasteiger partial charge in [-0.1, -0.05) is 0 Å². The Hall–Kier alpha value is -0.960. The van der Waals surface area contributed by atoms with E-state index in [4.69, 9.17) is 11.5 Å². The number of rotatable bonds is 3. The predicted molar refractivity (Wildman–Crippen MR) is 82.0 cm³/mol. The Kier molecular flexibility index (Phi) is 5.26. The zero-order valence-electron chi connectivity index (χ0n) is 10.9. The monoisotopic (exact) mass is 440 g/mol. The highest BCUT2D eigenvalue weighted by Crippen LogP contribution is 2.35. The lowest BCUT2D eigenvalue weighted by molar-refractivity contribution is 0.525. The molecule has 8 heteroatoms. The second-order valence-electron chi connectivity index (χ2n) is 4.63. The number of nitrogens with two attached hydrogens (primary N) is 2. The average molecular weight is 442 g/mol. The van der Waals surface area contributed by atoms with Gasteiger partial charge in [-0.3, -0.25) is 0 Å². The van der Waals surface area contributed by atoms with Gasteiger partial charge < -0.3 is 11.5 Å². The van der Waals surface area contributed by atoms with Crippen LogP contribution in [0.25, 0.3) is 0 Å². The van der Waals surface area contributed by atoms with Crippen LogP contribution in [-0.2, 0) is 0 Å². The number of hydrogen-bond donors (Lipinski definition) is 2. The molecule has 2 atom stereocenters. The lowest BCUT2D eigenvalue weighted by Crippen LogP contribution is -2.27. The van der Waals surface area contributed by atoms with Gasteiger partial charge in [0.25, 0.3) is 0 Å². The maximum Gasteiger partial charge on any atom is 0.140 e. The first-order valence-corrected chi connectivity index (χ1v) is 7.61. The van der Waals surface area contributed by atoms with Crippen LogP contribution >= 0.6 is 31.9 Å². The summed E-state index contributed by atoms with van der Waals surface area (Å²) in [6.07, 6.45) is 0. The number of benzene rings is 2. The van der Waals surface area contributed by atoms with Crippen molar-refractivity contribution < 1.29 is 17.6 Å². The number of halogens is 6. The van der Waals surface area contributed by atoms with Gasteiger partial charge in [0.1, 0.15) is 23.3 Å². The molecule has 118 valence electrons. The summed E-state index contributed by atoms with van der Waals surface area (Å²) in [5.41, 5.74) is 12.0. The molecule has 0 saturated carbocycles. The quantitative estimate of drug-likeness (QED) is 0.545. The van der Waals surface area contributed by atoms with Crippen molar-refractivity contribution in [3.05, 3.63) is 67.6 Å². The predicted octanol–water partition coefficient (Wildman–Crippen LogP) is 4.47. The van der Waals surface area contributed by atoms with Gasteiger partial charge in [-0.25, -0.2) is 17.6 Å². The van der Waals surface area contributed by atoms with E-state index >= 15 is 0 Å². The molecule has 0 aliphatic rings. The molecule has 0 fully saturated rings. The van der Waals surface area contributed by atoms with Crippen LogP contribution in [0, 0.1) is 23.3 Å². The summed E-state index contributed by atoms with van der Waals surface area (Å²) in [5.74, 6) is -3.35. The van der Waals surface area contributed by atoms with Crippen LogP contribution in [0.1, 0.15) is 23.2 Å². The molecule has 2 aromatic rings. The van der Waals surface area contributed by atoms with E-state index in [9.17, 15) is 17.6 Å². The van der Waals surface area contributed by atoms with E-state index in [0.717, 1.165) is 12.1 Å². The van der Waals surface area contributed by atoms with E-state index in [1.54, 1.807) is 0 Å². The fourth-order valence-electron chi connectivity index (χ4n) is 2.02. The van der Waals surface area contributed by atoms with Crippen molar-refractivity contribution in [2.45, 2.75) is 12.1 Å². The van der Waals surface area contributed by atoms with Gasteiger partial charge in [0.2, 0.25) is 0 Å². The summed E-state index contributed by atoms with van der Waals surface area (Å²) in [6.45, 7) is 0. The van der Waals surface area contributed by atoms with Crippen molar-refractivity contribution in [3.8, 4) is 0 Å². The molecule has 22 heavy (non-hydrogen) atoms. The minimum atomic E-state index is -1.09. The van der Waals surface area contributed by atoms with Crippen molar-refractivity contribution in [3.63, 3.8) is 0 Å². The first kappa shape index (κ1) is 17.4. The van der Waals surface area contributed by atoms with E-state index in [-0.39, 0.29) is 20.1 Å². The highest BCUT2D eigenvalue weighted by Gasteiger charge is 2.25. The lowest BCUT2D eigenvalue weighted by Gasteiger charge is -2.23. The Bertz CT molecular complexity index is 663. The number of hydrogen-bond acceptors (Lipinski definition) is 2. The lowest BCUT2D eigenvalue weighted by atomic mass is 9.94. The Labute approximate surface area is 140 Å². The standard InChI is InChI=1S/C14H10Br2F4N2/c15-11-7(1-5(17)3-9(11)19)13(21)14(22)8-2-6(18)4-10(20)12(8)16/h1-4,13-14H,21-22H2. The fourth-order valence-corrected chi connectivity index (χ4v) is 3.01. The minimum Gasteiger partial charge on any atom is -0.322 e. The van der Waals surface area contributed by atoms with Gasteiger partial charge in [-0.2, -0.15) is 0 Å². The van der Waals surface area contributed by atoms with Gasteiger partial charge >= 0.3 is 0 Å². The Morgan fingerprint density at radius 3 is 1.32 bits per heavy atom. The van der Waals surface area contributed by atoms with E-state index in [2.05, 4.69) is 31.9 Å². The molecule has 0 spiro atoms. The van der Waals surface area contributed by atoms with Crippen molar-refractivity contribution in [1.82, 2.24) is 0 Å². The van der Waals surface area contributed by atoms with Gasteiger partial charge in [-0.05, 0) is 55.1 Å². The summed E-state index contributed by atoms with van der Waals surface area (Å²) in [7, 11) is 0. The third-order valence-corrected chi connectivity index (χ3v) is 4.82. The van der Waals surface area contributed by atoms with Crippen molar-refractivity contribution in [2.24, 2.45) is 11.5 Å². The molecule has 0 aromatic heterocycles. The van der Waals surface area contributed by atoms with Gasteiger partial charge in [0.15, 0.2) is 0 Å². The van der Waals surface area contributed by atoms with Crippen LogP contribution in [0.5, 0.6) is 0 Å². The molecule has 2 nitrogen and oxygen atoms in total. The van der Waals surface area contributed by atoms with Gasteiger partial charge in [0.05, 0.1) is 21.0 Å². The first-order chi connectivity index (χ1) is 10.2. The van der Waals surface area contributed by atoms with E-state index in [0.29, 0.717) is 12.1 Å². The van der Waals surface area contributed by atoms with Crippen LogP contribution in [-0.4, -0.2) is 0 Å². The maximum atomic E-state index is 13.6. The summed E-state index contributed by atoms with van der Waals surface area (Å²) in [6, 6.07) is 1.23. The Morgan fingerprint density at radius 2 is 1.00 bits per heavy atom. The molecule has 2 aromatic carbocycles. The normalized spacial score (nSPS) is 14.0. The van der Waals surface area contributed by atoms with E-state index in [1.807, 2.05) is 0 Å². The van der Waals surface area contributed by atoms with Crippen LogP contribution in [0.3, 0.4) is 0 Å². The van der Waals surface area contributed by atoms with Crippen LogP contribution in [0.15, 0.2) is 33.2 Å². The largest absolute Gasteiger partial charge is 0.322 e. The molecular formula is C14H10Br2F4N2. The summed E-state index contributed by atoms with van der Waals surface area (Å²) >= 11 is 5.93. The minimum absolute atomic E-state index is 0.0511. The van der Waals surface area contributed by atoms with Crippen molar-refractivity contribution in [1.29, 1.82) is 0 Å². The zero-order valence-corrected chi connectivity index (χ0v) is 14.1. The van der Waals surface area contributed by atoms with E-state index in [1.165, 1.54) is 0 Å². The third-order valence-electron chi connectivity index (χ3n) is 3.15. The summed E-state index contributed by atoms with van der Waals surface area (Å²) < 4.78 is 53.7. The highest BCUT2D eigenvalue weighted by molar-refractivity contribution is 9.10. The molecule has 0 aliphatic carbocycles. The molecule has 2 unspecified atom stereocenters. The smallest absolute Gasteiger partial charge is 0.140 e. The highest BCUT2D eigenvalue weighted by atomic mass is 79.9. The maximum absolute atomic E-state index is 13.6. The summed E-state index contributed by atoms with van der Waals surface area (Å²) in [5, 5.41) is 0. The molecule has 0 saturated heterocycles. The third kappa shape index (κ3) is 3.34. The van der Waals surface area contributed by atoms with Crippen LogP contribution < -0.4 is 11.5 Å². The van der Waals surface area contributed by atoms with Crippen molar-refractivity contribution >= 4 is 31.9 Å². The van der Waals surface area contributed by atoms with Gasteiger partial charge in [-0.15, -0.1) is 0 Å².